The molecule has 2 fully saturated rings. The molecule has 0 radical (unpaired) electrons. The van der Waals surface area contributed by atoms with Gasteiger partial charge in [-0.3, -0.25) is 4.79 Å². The minimum Gasteiger partial charge on any atom is -0.394 e. The molecule has 4 atom stereocenters. The van der Waals surface area contributed by atoms with E-state index in [2.05, 4.69) is 0 Å². The number of amides is 1. The maximum Gasteiger partial charge on any atom is 0.217 e. The Morgan fingerprint density at radius 3 is 2.65 bits per heavy atom. The zero-order valence-electron chi connectivity index (χ0n) is 10.1. The fourth-order valence-electron chi connectivity index (χ4n) is 2.50. The Morgan fingerprint density at radius 2 is 2.06 bits per heavy atom. The van der Waals surface area contributed by atoms with E-state index >= 15 is 0 Å². The van der Waals surface area contributed by atoms with Gasteiger partial charge in [0.25, 0.3) is 0 Å². The number of primary amides is 1. The quantitative estimate of drug-likeness (QED) is 0.692. The SMILES string of the molecule is CC1(C)O[C@@H]2[C@H](CC(N)=O)CO[C@H](CO)[C@@H]2O1. The Morgan fingerprint density at radius 1 is 1.41 bits per heavy atom. The van der Waals surface area contributed by atoms with Gasteiger partial charge in [-0.25, -0.2) is 0 Å². The Hall–Kier alpha value is -0.690. The van der Waals surface area contributed by atoms with Crippen molar-refractivity contribution >= 4 is 5.91 Å². The third-order valence-electron chi connectivity index (χ3n) is 3.16. The van der Waals surface area contributed by atoms with Gasteiger partial charge < -0.3 is 25.1 Å². The molecule has 6 nitrogen and oxygen atoms in total. The lowest BCUT2D eigenvalue weighted by Crippen LogP contribution is -2.50. The molecular formula is C11H19NO5. The Balaban J connectivity index is 2.12. The first-order valence-electron chi connectivity index (χ1n) is 5.79. The zero-order chi connectivity index (χ0) is 12.6. The van der Waals surface area contributed by atoms with Crippen LogP contribution in [-0.2, 0) is 19.0 Å². The summed E-state index contributed by atoms with van der Waals surface area (Å²) in [6.45, 7) is 3.85. The summed E-state index contributed by atoms with van der Waals surface area (Å²) in [4.78, 5) is 11.0. The number of nitrogens with two attached hydrogens (primary N) is 1. The van der Waals surface area contributed by atoms with Gasteiger partial charge in [0.1, 0.15) is 12.2 Å². The van der Waals surface area contributed by atoms with Crippen molar-refractivity contribution in [3.05, 3.63) is 0 Å². The first-order chi connectivity index (χ1) is 7.93. The topological polar surface area (TPSA) is 91.0 Å². The number of ether oxygens (including phenoxy) is 3. The van der Waals surface area contributed by atoms with Gasteiger partial charge in [-0.05, 0) is 13.8 Å². The average Bonchev–Trinajstić information content (AvgIpc) is 2.53. The largest absolute Gasteiger partial charge is 0.394 e. The van der Waals surface area contributed by atoms with E-state index in [-0.39, 0.29) is 37.1 Å². The Labute approximate surface area is 100 Å². The maximum absolute atomic E-state index is 11.0. The van der Waals surface area contributed by atoms with Crippen molar-refractivity contribution in [1.29, 1.82) is 0 Å². The summed E-state index contributed by atoms with van der Waals surface area (Å²) in [6, 6.07) is 0. The number of hydrogen-bond acceptors (Lipinski definition) is 5. The fourth-order valence-corrected chi connectivity index (χ4v) is 2.50. The minimum atomic E-state index is -0.716. The number of rotatable bonds is 3. The van der Waals surface area contributed by atoms with Crippen molar-refractivity contribution in [3.8, 4) is 0 Å². The second kappa shape index (κ2) is 4.53. The highest BCUT2D eigenvalue weighted by Gasteiger charge is 2.51. The molecule has 2 aliphatic heterocycles. The number of aliphatic hydroxyl groups excluding tert-OH is 1. The molecule has 0 saturated carbocycles. The molecular weight excluding hydrogens is 226 g/mol. The smallest absolute Gasteiger partial charge is 0.217 e. The first kappa shape index (κ1) is 12.8. The number of fused-ring (bicyclic) bond motifs is 1. The normalized spacial score (nSPS) is 39.9. The minimum absolute atomic E-state index is 0.109. The van der Waals surface area contributed by atoms with Crippen molar-refractivity contribution in [2.75, 3.05) is 13.2 Å². The van der Waals surface area contributed by atoms with E-state index < -0.39 is 11.9 Å². The van der Waals surface area contributed by atoms with Crippen molar-refractivity contribution in [3.63, 3.8) is 0 Å². The zero-order valence-corrected chi connectivity index (χ0v) is 10.1. The van der Waals surface area contributed by atoms with Gasteiger partial charge in [0.05, 0.1) is 19.3 Å². The predicted octanol–water partition coefficient (Wildman–Crippen LogP) is -0.611. The summed E-state index contributed by atoms with van der Waals surface area (Å²) >= 11 is 0. The molecule has 6 heteroatoms. The Kier molecular flexibility index (Phi) is 3.40. The van der Waals surface area contributed by atoms with E-state index in [0.29, 0.717) is 6.61 Å². The van der Waals surface area contributed by atoms with Crippen molar-refractivity contribution in [2.45, 2.75) is 44.4 Å². The lowest BCUT2D eigenvalue weighted by molar-refractivity contribution is -0.157. The van der Waals surface area contributed by atoms with Gasteiger partial charge in [-0.15, -0.1) is 0 Å². The number of carbonyl (C=O) groups excluding carboxylic acids is 1. The highest BCUT2D eigenvalue weighted by molar-refractivity contribution is 5.74. The second-order valence-electron chi connectivity index (χ2n) is 5.05. The summed E-state index contributed by atoms with van der Waals surface area (Å²) in [7, 11) is 0. The third-order valence-corrected chi connectivity index (χ3v) is 3.16. The average molecular weight is 245 g/mol. The summed E-state index contributed by atoms with van der Waals surface area (Å²) in [5.41, 5.74) is 5.20. The fraction of sp³-hybridized carbons (Fsp3) is 0.909. The molecule has 17 heavy (non-hydrogen) atoms. The third kappa shape index (κ3) is 2.60. The molecule has 2 heterocycles. The molecule has 0 aromatic rings. The highest BCUT2D eigenvalue weighted by atomic mass is 16.8. The number of hydrogen-bond donors (Lipinski definition) is 2. The van der Waals surface area contributed by atoms with Crippen LogP contribution in [0.3, 0.4) is 0 Å². The van der Waals surface area contributed by atoms with Crippen LogP contribution in [0.5, 0.6) is 0 Å². The van der Waals surface area contributed by atoms with Crippen LogP contribution < -0.4 is 5.73 Å². The molecule has 3 N–H and O–H groups in total. The van der Waals surface area contributed by atoms with Crippen LogP contribution >= 0.6 is 0 Å². The van der Waals surface area contributed by atoms with Crippen molar-refractivity contribution in [2.24, 2.45) is 11.7 Å². The molecule has 0 aromatic carbocycles. The monoisotopic (exact) mass is 245 g/mol. The van der Waals surface area contributed by atoms with Gasteiger partial charge in [-0.1, -0.05) is 0 Å². The van der Waals surface area contributed by atoms with E-state index in [9.17, 15) is 9.90 Å². The van der Waals surface area contributed by atoms with E-state index in [1.165, 1.54) is 0 Å². The summed E-state index contributed by atoms with van der Waals surface area (Å²) in [5, 5.41) is 9.22. The van der Waals surface area contributed by atoms with Gasteiger partial charge in [0.15, 0.2) is 5.79 Å². The molecule has 0 spiro atoms. The molecule has 2 rings (SSSR count). The van der Waals surface area contributed by atoms with Crippen LogP contribution in [0.2, 0.25) is 0 Å². The lowest BCUT2D eigenvalue weighted by Gasteiger charge is -2.35. The molecule has 0 aliphatic carbocycles. The van der Waals surface area contributed by atoms with E-state index in [0.717, 1.165) is 0 Å². The molecule has 2 aliphatic rings. The van der Waals surface area contributed by atoms with Crippen LogP contribution in [0.25, 0.3) is 0 Å². The number of aliphatic hydroxyl groups is 1. The second-order valence-corrected chi connectivity index (χ2v) is 5.05. The molecule has 0 aromatic heterocycles. The standard InChI is InChI=1S/C11H19NO5/c1-11(2)16-9-6(3-8(12)14)5-15-7(4-13)10(9)17-11/h6-7,9-10,13H,3-5H2,1-2H3,(H2,12,14)/t6-,7-,9-,10+/m1/s1. The lowest BCUT2D eigenvalue weighted by atomic mass is 9.90. The van der Waals surface area contributed by atoms with E-state index in [1.807, 2.05) is 0 Å². The molecule has 98 valence electrons. The summed E-state index contributed by atoms with van der Waals surface area (Å²) < 4.78 is 17.0. The van der Waals surface area contributed by atoms with Crippen LogP contribution in [0.1, 0.15) is 20.3 Å². The highest BCUT2D eigenvalue weighted by Crippen LogP contribution is 2.38. The maximum atomic E-state index is 11.0. The predicted molar refractivity (Wildman–Crippen MR) is 58.0 cm³/mol. The van der Waals surface area contributed by atoms with E-state index in [4.69, 9.17) is 19.9 Å². The van der Waals surface area contributed by atoms with Crippen LogP contribution in [0, 0.1) is 5.92 Å². The van der Waals surface area contributed by atoms with Gasteiger partial charge in [0, 0.05) is 12.3 Å². The van der Waals surface area contributed by atoms with Gasteiger partial charge in [0.2, 0.25) is 5.91 Å². The van der Waals surface area contributed by atoms with Crippen LogP contribution in [0.15, 0.2) is 0 Å². The first-order valence-corrected chi connectivity index (χ1v) is 5.79. The number of carbonyl (C=O) groups is 1. The molecule has 0 unspecified atom stereocenters. The van der Waals surface area contributed by atoms with Crippen LogP contribution in [-0.4, -0.2) is 48.3 Å². The Bertz CT molecular complexity index is 306. The molecule has 2 saturated heterocycles. The van der Waals surface area contributed by atoms with E-state index in [1.54, 1.807) is 13.8 Å². The van der Waals surface area contributed by atoms with Gasteiger partial charge >= 0.3 is 0 Å². The van der Waals surface area contributed by atoms with Crippen LogP contribution in [0.4, 0.5) is 0 Å². The summed E-state index contributed by atoms with van der Waals surface area (Å²) in [6.07, 6.45) is -0.777. The van der Waals surface area contributed by atoms with Crippen molar-refractivity contribution < 1.29 is 24.1 Å². The molecule has 1 amide bonds. The van der Waals surface area contributed by atoms with Crippen molar-refractivity contribution in [1.82, 2.24) is 0 Å². The summed E-state index contributed by atoms with van der Waals surface area (Å²) in [5.74, 6) is -1.21. The molecule has 0 bridgehead atoms. The van der Waals surface area contributed by atoms with Gasteiger partial charge in [-0.2, -0.15) is 0 Å².